The Morgan fingerprint density at radius 3 is 1.83 bits per heavy atom. The molecule has 0 aliphatic rings. The van der Waals surface area contributed by atoms with Crippen LogP contribution in [0, 0.1) is 0 Å². The summed E-state index contributed by atoms with van der Waals surface area (Å²) in [4.78, 5) is 0. The average molecular weight is 239 g/mol. The number of hydrogen-bond acceptors (Lipinski definition) is 1. The van der Waals surface area contributed by atoms with Crippen molar-refractivity contribution in [3.63, 3.8) is 0 Å². The summed E-state index contributed by atoms with van der Waals surface area (Å²) in [5, 5.41) is 3.60. The molecule has 0 spiro atoms. The lowest BCUT2D eigenvalue weighted by Gasteiger charge is -2.18. The molecule has 1 nitrogen and oxygen atoms in total. The van der Waals surface area contributed by atoms with Gasteiger partial charge in [0.25, 0.3) is 0 Å². The quantitative estimate of drug-likeness (QED) is 0.827. The number of hydrogen-bond donors (Lipinski definition) is 1. The van der Waals surface area contributed by atoms with Crippen LogP contribution in [0.4, 0.5) is 0 Å². The SMILES string of the molecule is CC(CNC(C)c1ccccc1)c1ccccc1. The molecule has 2 aromatic carbocycles. The van der Waals surface area contributed by atoms with Crippen LogP contribution in [-0.4, -0.2) is 6.54 Å². The zero-order chi connectivity index (χ0) is 12.8. The highest BCUT2D eigenvalue weighted by Crippen LogP contribution is 2.16. The Kier molecular flexibility index (Phi) is 4.54. The average Bonchev–Trinajstić information content (AvgIpc) is 2.46. The second-order valence-corrected chi connectivity index (χ2v) is 4.85. The smallest absolute Gasteiger partial charge is 0.0292 e. The Bertz CT molecular complexity index is 404. The minimum Gasteiger partial charge on any atom is -0.310 e. The lowest BCUT2D eigenvalue weighted by Crippen LogP contribution is -2.23. The van der Waals surface area contributed by atoms with E-state index < -0.39 is 0 Å². The molecule has 2 rings (SSSR count). The van der Waals surface area contributed by atoms with Crippen LogP contribution in [0.5, 0.6) is 0 Å². The van der Waals surface area contributed by atoms with Crippen LogP contribution in [0.2, 0.25) is 0 Å². The summed E-state index contributed by atoms with van der Waals surface area (Å²) in [5.74, 6) is 0.539. The maximum atomic E-state index is 3.60. The molecular weight excluding hydrogens is 218 g/mol. The third kappa shape index (κ3) is 3.44. The Morgan fingerprint density at radius 2 is 1.28 bits per heavy atom. The second kappa shape index (κ2) is 6.36. The van der Waals surface area contributed by atoms with E-state index in [4.69, 9.17) is 0 Å². The first-order chi connectivity index (χ1) is 8.77. The fourth-order valence-corrected chi connectivity index (χ4v) is 2.11. The molecule has 2 atom stereocenters. The lowest BCUT2D eigenvalue weighted by molar-refractivity contribution is 0.537. The van der Waals surface area contributed by atoms with Gasteiger partial charge in [-0.3, -0.25) is 0 Å². The summed E-state index contributed by atoms with van der Waals surface area (Å²) in [6.45, 7) is 5.48. The molecule has 1 heteroatoms. The normalized spacial score (nSPS) is 14.1. The Labute approximate surface area is 110 Å². The predicted octanol–water partition coefficient (Wildman–Crippen LogP) is 4.14. The molecule has 1 N–H and O–H groups in total. The van der Waals surface area contributed by atoms with Crippen LogP contribution >= 0.6 is 0 Å². The van der Waals surface area contributed by atoms with E-state index in [1.165, 1.54) is 11.1 Å². The first-order valence-electron chi connectivity index (χ1n) is 6.60. The van der Waals surface area contributed by atoms with Crippen molar-refractivity contribution in [2.75, 3.05) is 6.54 Å². The van der Waals surface area contributed by atoms with Gasteiger partial charge in [0.2, 0.25) is 0 Å². The maximum Gasteiger partial charge on any atom is 0.0292 e. The molecule has 0 radical (unpaired) electrons. The molecule has 2 unspecified atom stereocenters. The minimum absolute atomic E-state index is 0.400. The summed E-state index contributed by atoms with van der Waals surface area (Å²) in [6.07, 6.45) is 0. The van der Waals surface area contributed by atoms with E-state index in [1.54, 1.807) is 0 Å². The van der Waals surface area contributed by atoms with Crippen molar-refractivity contribution in [2.24, 2.45) is 0 Å². The first-order valence-corrected chi connectivity index (χ1v) is 6.60. The van der Waals surface area contributed by atoms with Crippen LogP contribution in [0.3, 0.4) is 0 Å². The number of nitrogens with one attached hydrogen (secondary N) is 1. The van der Waals surface area contributed by atoms with Gasteiger partial charge < -0.3 is 5.32 Å². The Balaban J connectivity index is 1.89. The summed E-state index contributed by atoms with van der Waals surface area (Å²) >= 11 is 0. The van der Waals surface area contributed by atoms with E-state index in [1.807, 2.05) is 0 Å². The highest BCUT2D eigenvalue weighted by atomic mass is 14.9. The Hall–Kier alpha value is -1.60. The highest BCUT2D eigenvalue weighted by molar-refractivity contribution is 5.20. The van der Waals surface area contributed by atoms with Gasteiger partial charge in [-0.25, -0.2) is 0 Å². The summed E-state index contributed by atoms with van der Waals surface area (Å²) in [5.41, 5.74) is 2.74. The molecular formula is C17H21N. The molecule has 0 amide bonds. The zero-order valence-corrected chi connectivity index (χ0v) is 11.1. The third-order valence-corrected chi connectivity index (χ3v) is 3.40. The van der Waals surface area contributed by atoms with Crippen LogP contribution < -0.4 is 5.32 Å². The van der Waals surface area contributed by atoms with Crippen molar-refractivity contribution < 1.29 is 0 Å². The van der Waals surface area contributed by atoms with Crippen LogP contribution in [0.15, 0.2) is 60.7 Å². The molecule has 94 valence electrons. The standard InChI is InChI=1S/C17H21N/c1-14(16-9-5-3-6-10-16)13-18-15(2)17-11-7-4-8-12-17/h3-12,14-15,18H,13H2,1-2H3. The van der Waals surface area contributed by atoms with Crippen LogP contribution in [-0.2, 0) is 0 Å². The van der Waals surface area contributed by atoms with E-state index in [9.17, 15) is 0 Å². The van der Waals surface area contributed by atoms with Crippen molar-refractivity contribution in [2.45, 2.75) is 25.8 Å². The molecule has 0 saturated carbocycles. The fourth-order valence-electron chi connectivity index (χ4n) is 2.11. The van der Waals surface area contributed by atoms with Crippen molar-refractivity contribution in [1.29, 1.82) is 0 Å². The minimum atomic E-state index is 0.400. The monoisotopic (exact) mass is 239 g/mol. The fraction of sp³-hybridized carbons (Fsp3) is 0.294. The maximum absolute atomic E-state index is 3.60. The molecule has 0 aromatic heterocycles. The molecule has 0 saturated heterocycles. The molecule has 0 aliphatic heterocycles. The van der Waals surface area contributed by atoms with Gasteiger partial charge in [-0.2, -0.15) is 0 Å². The molecule has 0 fully saturated rings. The van der Waals surface area contributed by atoms with Crippen LogP contribution in [0.1, 0.15) is 36.9 Å². The number of rotatable bonds is 5. The molecule has 0 heterocycles. The van der Waals surface area contributed by atoms with Gasteiger partial charge in [0, 0.05) is 12.6 Å². The topological polar surface area (TPSA) is 12.0 Å². The summed E-state index contributed by atoms with van der Waals surface area (Å²) in [7, 11) is 0. The van der Waals surface area contributed by atoms with Gasteiger partial charge in [0.15, 0.2) is 0 Å². The van der Waals surface area contributed by atoms with Crippen molar-refractivity contribution in [3.8, 4) is 0 Å². The lowest BCUT2D eigenvalue weighted by atomic mass is 10.0. The van der Waals surface area contributed by atoms with Crippen molar-refractivity contribution in [3.05, 3.63) is 71.8 Å². The Morgan fingerprint density at radius 1 is 0.778 bits per heavy atom. The molecule has 0 bridgehead atoms. The van der Waals surface area contributed by atoms with E-state index >= 15 is 0 Å². The third-order valence-electron chi connectivity index (χ3n) is 3.40. The first kappa shape index (κ1) is 12.8. The molecule has 0 aliphatic carbocycles. The van der Waals surface area contributed by atoms with Gasteiger partial charge in [-0.05, 0) is 24.0 Å². The van der Waals surface area contributed by atoms with Gasteiger partial charge in [0.1, 0.15) is 0 Å². The molecule has 2 aromatic rings. The number of benzene rings is 2. The summed E-state index contributed by atoms with van der Waals surface area (Å²) in [6, 6.07) is 21.6. The second-order valence-electron chi connectivity index (χ2n) is 4.85. The van der Waals surface area contributed by atoms with Gasteiger partial charge in [-0.15, -0.1) is 0 Å². The van der Waals surface area contributed by atoms with E-state index in [-0.39, 0.29) is 0 Å². The van der Waals surface area contributed by atoms with Crippen molar-refractivity contribution >= 4 is 0 Å². The molecule has 18 heavy (non-hydrogen) atoms. The van der Waals surface area contributed by atoms with Crippen LogP contribution in [0.25, 0.3) is 0 Å². The predicted molar refractivity (Wildman–Crippen MR) is 77.7 cm³/mol. The zero-order valence-electron chi connectivity index (χ0n) is 11.1. The highest BCUT2D eigenvalue weighted by Gasteiger charge is 2.08. The van der Waals surface area contributed by atoms with E-state index in [0.717, 1.165) is 6.54 Å². The van der Waals surface area contributed by atoms with E-state index in [0.29, 0.717) is 12.0 Å². The van der Waals surface area contributed by atoms with Gasteiger partial charge in [0.05, 0.1) is 0 Å². The largest absolute Gasteiger partial charge is 0.310 e. The summed E-state index contributed by atoms with van der Waals surface area (Å²) < 4.78 is 0. The van der Waals surface area contributed by atoms with Gasteiger partial charge in [-0.1, -0.05) is 67.6 Å². The van der Waals surface area contributed by atoms with Crippen molar-refractivity contribution in [1.82, 2.24) is 5.32 Å². The van der Waals surface area contributed by atoms with E-state index in [2.05, 4.69) is 79.8 Å². The van der Waals surface area contributed by atoms with Gasteiger partial charge >= 0.3 is 0 Å².